The van der Waals surface area contributed by atoms with Crippen LogP contribution in [0.3, 0.4) is 0 Å². The third-order valence-electron chi connectivity index (χ3n) is 2.05. The zero-order valence-electron chi connectivity index (χ0n) is 10.2. The fourth-order valence-electron chi connectivity index (χ4n) is 1.37. The van der Waals surface area contributed by atoms with Crippen molar-refractivity contribution in [3.8, 4) is 0 Å². The topological polar surface area (TPSA) is 17.1 Å². The minimum atomic E-state index is -4.70. The lowest BCUT2D eigenvalue weighted by molar-refractivity contribution is -0.0334. The highest BCUT2D eigenvalue weighted by Crippen LogP contribution is 2.45. The molecule has 21 heavy (non-hydrogen) atoms. The highest BCUT2D eigenvalue weighted by molar-refractivity contribution is 9.10. The quantitative estimate of drug-likeness (QED) is 0.266. The summed E-state index contributed by atoms with van der Waals surface area (Å²) in [5.74, 6) is -0.839. The second-order valence-corrected chi connectivity index (χ2v) is 7.29. The van der Waals surface area contributed by atoms with Gasteiger partial charge in [0.1, 0.15) is 0 Å². The molecule has 1 aromatic rings. The molecule has 0 heterocycles. The molecule has 0 radical (unpaired) electrons. The molecule has 10 heteroatoms. The first-order valence-electron chi connectivity index (χ1n) is 5.23. The molecule has 1 aromatic carbocycles. The Bertz CT molecular complexity index is 492. The van der Waals surface area contributed by atoms with Crippen LogP contribution in [0, 0.1) is 0 Å². The summed E-state index contributed by atoms with van der Waals surface area (Å²) in [6.07, 6.45) is 0. The minimum absolute atomic E-state index is 0.548. The van der Waals surface area contributed by atoms with Crippen molar-refractivity contribution in [2.75, 3.05) is 0 Å². The highest BCUT2D eigenvalue weighted by Gasteiger charge is 2.36. The minimum Gasteiger partial charge on any atom is -0.293 e. The van der Waals surface area contributed by atoms with Gasteiger partial charge in [0.2, 0.25) is 0 Å². The van der Waals surface area contributed by atoms with Crippen LogP contribution in [0.25, 0.3) is 0 Å². The third kappa shape index (κ3) is 6.11. The predicted octanol–water partition coefficient (Wildman–Crippen LogP) is 5.88. The molecule has 0 fully saturated rings. The molecule has 1 rings (SSSR count). The average molecular weight is 413 g/mol. The van der Waals surface area contributed by atoms with Gasteiger partial charge in [0, 0.05) is 15.4 Å². The van der Waals surface area contributed by atoms with E-state index in [2.05, 4.69) is 15.9 Å². The number of carbonyl (C=O) groups is 1. The Balaban J connectivity index is 3.37. The lowest BCUT2D eigenvalue weighted by Crippen LogP contribution is -2.15. The summed E-state index contributed by atoms with van der Waals surface area (Å²) in [6, 6.07) is 3.00. The molecule has 0 saturated carbocycles. The molecule has 0 aromatic heterocycles. The van der Waals surface area contributed by atoms with Crippen molar-refractivity contribution in [1.29, 1.82) is 0 Å². The zero-order valence-corrected chi connectivity index (χ0v) is 13.4. The molecule has 1 nitrogen and oxygen atoms in total. The van der Waals surface area contributed by atoms with Gasteiger partial charge >= 0.3 is 11.0 Å². The van der Waals surface area contributed by atoms with Crippen molar-refractivity contribution in [2.24, 2.45) is 0 Å². The maximum atomic E-state index is 12.5. The Kier molecular flexibility index (Phi) is 6.08. The number of hydrogen-bond donors (Lipinski definition) is 0. The van der Waals surface area contributed by atoms with Gasteiger partial charge in [0.25, 0.3) is 0 Å². The summed E-state index contributed by atoms with van der Waals surface area (Å²) in [5, 5.41) is 0. The monoisotopic (exact) mass is 412 g/mol. The standard InChI is InChI=1S/C11H7BrF6OS2/c1-5(12)9(19)8-6(20-10(13,14)15)3-2-4-7(8)21-11(16,17)18/h2-5H,1H3. The normalized spacial score (nSPS) is 14.1. The molecule has 0 amide bonds. The van der Waals surface area contributed by atoms with Gasteiger partial charge in [0.05, 0.1) is 4.83 Å². The van der Waals surface area contributed by atoms with Crippen LogP contribution in [-0.4, -0.2) is 21.6 Å². The van der Waals surface area contributed by atoms with E-state index in [1.165, 1.54) is 6.92 Å². The SMILES string of the molecule is CC(Br)C(=O)c1c(SC(F)(F)F)cccc1SC(F)(F)F. The van der Waals surface area contributed by atoms with Crippen LogP contribution in [0.5, 0.6) is 0 Å². The van der Waals surface area contributed by atoms with E-state index < -0.39 is 60.5 Å². The van der Waals surface area contributed by atoms with Crippen LogP contribution >= 0.6 is 39.5 Å². The summed E-state index contributed by atoms with van der Waals surface area (Å²) >= 11 is 1.66. The van der Waals surface area contributed by atoms with E-state index in [0.29, 0.717) is 0 Å². The summed E-state index contributed by atoms with van der Waals surface area (Å²) in [5.41, 5.74) is -9.98. The molecular formula is C11H7BrF6OS2. The fraction of sp³-hybridized carbons (Fsp3) is 0.364. The van der Waals surface area contributed by atoms with Crippen LogP contribution in [0.15, 0.2) is 28.0 Å². The molecule has 1 unspecified atom stereocenters. The summed E-state index contributed by atoms with van der Waals surface area (Å²) < 4.78 is 74.8. The Morgan fingerprint density at radius 2 is 1.43 bits per heavy atom. The second-order valence-electron chi connectivity index (χ2n) is 3.71. The van der Waals surface area contributed by atoms with Crippen molar-refractivity contribution in [2.45, 2.75) is 32.6 Å². The van der Waals surface area contributed by atoms with Crippen LogP contribution in [0.2, 0.25) is 0 Å². The van der Waals surface area contributed by atoms with Gasteiger partial charge in [-0.3, -0.25) is 4.79 Å². The molecule has 1 atom stereocenters. The number of thioether (sulfide) groups is 2. The van der Waals surface area contributed by atoms with E-state index in [1.54, 1.807) is 0 Å². The van der Waals surface area contributed by atoms with Gasteiger partial charge in [0.15, 0.2) is 5.78 Å². The zero-order chi connectivity index (χ0) is 16.4. The van der Waals surface area contributed by atoms with Gasteiger partial charge in [-0.25, -0.2) is 0 Å². The summed E-state index contributed by atoms with van der Waals surface area (Å²) in [6.45, 7) is 1.33. The Morgan fingerprint density at radius 1 is 1.05 bits per heavy atom. The maximum Gasteiger partial charge on any atom is 0.446 e. The van der Waals surface area contributed by atoms with Crippen molar-refractivity contribution in [1.82, 2.24) is 0 Å². The van der Waals surface area contributed by atoms with E-state index in [0.717, 1.165) is 18.2 Å². The largest absolute Gasteiger partial charge is 0.446 e. The Morgan fingerprint density at radius 3 is 1.71 bits per heavy atom. The maximum absolute atomic E-state index is 12.5. The number of benzene rings is 1. The van der Waals surface area contributed by atoms with Crippen molar-refractivity contribution < 1.29 is 31.1 Å². The summed E-state index contributed by atoms with van der Waals surface area (Å²) in [4.78, 5) is 9.95. The first-order valence-corrected chi connectivity index (χ1v) is 7.78. The number of halogens is 7. The molecule has 0 bridgehead atoms. The van der Waals surface area contributed by atoms with Gasteiger partial charge < -0.3 is 0 Å². The molecule has 0 aliphatic carbocycles. The Labute approximate surface area is 133 Å². The molecule has 118 valence electrons. The van der Waals surface area contributed by atoms with Gasteiger partial charge in [-0.1, -0.05) is 22.0 Å². The molecule has 0 aliphatic rings. The number of rotatable bonds is 4. The lowest BCUT2D eigenvalue weighted by Gasteiger charge is -2.16. The van der Waals surface area contributed by atoms with Crippen LogP contribution in [-0.2, 0) is 0 Å². The van der Waals surface area contributed by atoms with Gasteiger partial charge in [-0.15, -0.1) is 0 Å². The molecule has 0 N–H and O–H groups in total. The summed E-state index contributed by atoms with van der Waals surface area (Å²) in [7, 11) is 0. The van der Waals surface area contributed by atoms with E-state index in [1.807, 2.05) is 0 Å². The first kappa shape index (κ1) is 18.7. The predicted molar refractivity (Wildman–Crippen MR) is 73.0 cm³/mol. The number of hydrogen-bond acceptors (Lipinski definition) is 3. The third-order valence-corrected chi connectivity index (χ3v) is 4.05. The molecule has 0 spiro atoms. The van der Waals surface area contributed by atoms with E-state index in [-0.39, 0.29) is 0 Å². The van der Waals surface area contributed by atoms with Crippen LogP contribution in [0.1, 0.15) is 17.3 Å². The number of alkyl halides is 7. The van der Waals surface area contributed by atoms with E-state index >= 15 is 0 Å². The van der Waals surface area contributed by atoms with Crippen molar-refractivity contribution in [3.63, 3.8) is 0 Å². The van der Waals surface area contributed by atoms with Gasteiger partial charge in [-0.2, -0.15) is 26.3 Å². The Hall–Kier alpha value is -0.350. The van der Waals surface area contributed by atoms with E-state index in [4.69, 9.17) is 0 Å². The number of ketones is 1. The van der Waals surface area contributed by atoms with Gasteiger partial charge in [-0.05, 0) is 42.6 Å². The molecule has 0 saturated heterocycles. The average Bonchev–Trinajstić information content (AvgIpc) is 2.23. The molecule has 0 aliphatic heterocycles. The van der Waals surface area contributed by atoms with Crippen LogP contribution in [0.4, 0.5) is 26.3 Å². The first-order chi connectivity index (χ1) is 9.41. The lowest BCUT2D eigenvalue weighted by atomic mass is 10.1. The smallest absolute Gasteiger partial charge is 0.293 e. The molecular weight excluding hydrogens is 406 g/mol. The van der Waals surface area contributed by atoms with Crippen molar-refractivity contribution >= 4 is 45.2 Å². The second kappa shape index (κ2) is 6.82. The number of carbonyl (C=O) groups excluding carboxylic acids is 1. The van der Waals surface area contributed by atoms with E-state index in [9.17, 15) is 31.1 Å². The number of Topliss-reactive ketones (excluding diaryl/α,β-unsaturated/α-hetero) is 1. The highest BCUT2D eigenvalue weighted by atomic mass is 79.9. The fourth-order valence-corrected chi connectivity index (χ4v) is 3.08. The van der Waals surface area contributed by atoms with Crippen LogP contribution < -0.4 is 0 Å². The van der Waals surface area contributed by atoms with Crippen molar-refractivity contribution in [3.05, 3.63) is 23.8 Å².